The summed E-state index contributed by atoms with van der Waals surface area (Å²) >= 11 is 6.11. The lowest BCUT2D eigenvalue weighted by molar-refractivity contribution is -0.116. The molecule has 1 fully saturated rings. The Labute approximate surface area is 147 Å². The molecule has 0 atom stereocenters. The topological polar surface area (TPSA) is 50.2 Å². The van der Waals surface area contributed by atoms with Crippen LogP contribution in [0.25, 0.3) is 0 Å². The van der Waals surface area contributed by atoms with E-state index in [-0.39, 0.29) is 12.5 Å². The minimum atomic E-state index is -0.108. The maximum atomic E-state index is 12.2. The van der Waals surface area contributed by atoms with Gasteiger partial charge in [0.15, 0.2) is 0 Å². The van der Waals surface area contributed by atoms with E-state index < -0.39 is 0 Å². The van der Waals surface area contributed by atoms with Crippen molar-refractivity contribution in [1.82, 2.24) is 9.78 Å². The van der Waals surface area contributed by atoms with Crippen LogP contribution in [0.2, 0.25) is 5.02 Å². The summed E-state index contributed by atoms with van der Waals surface area (Å²) in [7, 11) is 0. The smallest absolute Gasteiger partial charge is 0.246 e. The van der Waals surface area contributed by atoms with Crippen LogP contribution in [0.4, 0.5) is 11.4 Å². The molecule has 0 saturated carbocycles. The Morgan fingerprint density at radius 3 is 2.42 bits per heavy atom. The van der Waals surface area contributed by atoms with Gasteiger partial charge in [-0.05, 0) is 57.4 Å². The number of rotatable bonds is 4. The van der Waals surface area contributed by atoms with E-state index in [1.54, 1.807) is 4.68 Å². The first-order chi connectivity index (χ1) is 11.5. The zero-order valence-corrected chi connectivity index (χ0v) is 14.9. The van der Waals surface area contributed by atoms with Crippen LogP contribution in [0.1, 0.15) is 30.7 Å². The molecule has 1 N–H and O–H groups in total. The minimum Gasteiger partial charge on any atom is -0.372 e. The van der Waals surface area contributed by atoms with Crippen LogP contribution in [-0.2, 0) is 11.3 Å². The number of aryl methyl sites for hydroxylation is 1. The number of nitrogens with zero attached hydrogens (tertiary/aromatic N) is 3. The third kappa shape index (κ3) is 3.73. The van der Waals surface area contributed by atoms with Gasteiger partial charge in [0, 0.05) is 24.5 Å². The Morgan fingerprint density at radius 1 is 1.17 bits per heavy atom. The Balaban J connectivity index is 1.61. The molecule has 0 unspecified atom stereocenters. The van der Waals surface area contributed by atoms with Crippen molar-refractivity contribution in [3.63, 3.8) is 0 Å². The van der Waals surface area contributed by atoms with E-state index in [1.807, 2.05) is 26.0 Å². The lowest BCUT2D eigenvalue weighted by atomic mass is 10.1. The average Bonchev–Trinajstić information content (AvgIpc) is 2.83. The van der Waals surface area contributed by atoms with Crippen LogP contribution >= 0.6 is 11.6 Å². The van der Waals surface area contributed by atoms with Crippen molar-refractivity contribution in [2.24, 2.45) is 0 Å². The molecule has 1 amide bonds. The molecule has 1 aromatic carbocycles. The van der Waals surface area contributed by atoms with Crippen LogP contribution in [0.5, 0.6) is 0 Å². The summed E-state index contributed by atoms with van der Waals surface area (Å²) in [5.74, 6) is -0.108. The quantitative estimate of drug-likeness (QED) is 0.916. The standard InChI is InChI=1S/C18H23ClN4O/c1-13-18(19)14(2)23(21-13)12-17(24)20-15-6-8-16(9-7-15)22-10-4-3-5-11-22/h6-9H,3-5,10-12H2,1-2H3,(H,20,24). The van der Waals surface area contributed by atoms with Gasteiger partial charge in [0.1, 0.15) is 6.54 Å². The highest BCUT2D eigenvalue weighted by Gasteiger charge is 2.13. The van der Waals surface area contributed by atoms with E-state index in [0.29, 0.717) is 5.02 Å². The molecule has 0 radical (unpaired) electrons. The number of anilines is 2. The number of aromatic nitrogens is 2. The second kappa shape index (κ2) is 7.26. The molecule has 0 bridgehead atoms. The molecule has 1 aliphatic heterocycles. The molecular formula is C18H23ClN4O. The fourth-order valence-corrected chi connectivity index (χ4v) is 3.21. The van der Waals surface area contributed by atoms with Crippen molar-refractivity contribution in [3.05, 3.63) is 40.7 Å². The molecular weight excluding hydrogens is 324 g/mol. The molecule has 1 saturated heterocycles. The molecule has 5 nitrogen and oxygen atoms in total. The van der Waals surface area contributed by atoms with Gasteiger partial charge in [-0.1, -0.05) is 11.6 Å². The Morgan fingerprint density at radius 2 is 1.83 bits per heavy atom. The van der Waals surface area contributed by atoms with E-state index in [9.17, 15) is 4.79 Å². The predicted octanol–water partition coefficient (Wildman–Crippen LogP) is 3.78. The number of benzene rings is 1. The molecule has 6 heteroatoms. The largest absolute Gasteiger partial charge is 0.372 e. The number of carbonyl (C=O) groups is 1. The molecule has 1 aromatic heterocycles. The van der Waals surface area contributed by atoms with Crippen molar-refractivity contribution in [3.8, 4) is 0 Å². The lowest BCUT2D eigenvalue weighted by Gasteiger charge is -2.28. The van der Waals surface area contributed by atoms with Gasteiger partial charge in [0.25, 0.3) is 0 Å². The molecule has 24 heavy (non-hydrogen) atoms. The monoisotopic (exact) mass is 346 g/mol. The number of hydrogen-bond donors (Lipinski definition) is 1. The highest BCUT2D eigenvalue weighted by Crippen LogP contribution is 2.22. The number of nitrogens with one attached hydrogen (secondary N) is 1. The highest BCUT2D eigenvalue weighted by atomic mass is 35.5. The van der Waals surface area contributed by atoms with Gasteiger partial charge in [0.05, 0.1) is 16.4 Å². The maximum absolute atomic E-state index is 12.2. The third-order valence-corrected chi connectivity index (χ3v) is 5.01. The van der Waals surface area contributed by atoms with E-state index >= 15 is 0 Å². The normalized spacial score (nSPS) is 14.7. The Kier molecular flexibility index (Phi) is 5.09. The zero-order chi connectivity index (χ0) is 17.1. The predicted molar refractivity (Wildman–Crippen MR) is 97.8 cm³/mol. The summed E-state index contributed by atoms with van der Waals surface area (Å²) in [6, 6.07) is 8.05. The molecule has 128 valence electrons. The first-order valence-corrected chi connectivity index (χ1v) is 8.77. The number of amides is 1. The summed E-state index contributed by atoms with van der Waals surface area (Å²) in [5.41, 5.74) is 3.57. The number of carbonyl (C=O) groups excluding carboxylic acids is 1. The molecule has 3 rings (SSSR count). The first-order valence-electron chi connectivity index (χ1n) is 8.39. The van der Waals surface area contributed by atoms with Crippen molar-refractivity contribution in [2.45, 2.75) is 39.7 Å². The van der Waals surface area contributed by atoms with Gasteiger partial charge in [-0.2, -0.15) is 5.10 Å². The van der Waals surface area contributed by atoms with Crippen LogP contribution in [-0.4, -0.2) is 28.8 Å². The van der Waals surface area contributed by atoms with Crippen LogP contribution < -0.4 is 10.2 Å². The van der Waals surface area contributed by atoms with E-state index in [0.717, 1.165) is 30.2 Å². The van der Waals surface area contributed by atoms with E-state index in [4.69, 9.17) is 11.6 Å². The van der Waals surface area contributed by atoms with Gasteiger partial charge in [-0.3, -0.25) is 9.48 Å². The van der Waals surface area contributed by atoms with E-state index in [2.05, 4.69) is 27.4 Å². The second-order valence-electron chi connectivity index (χ2n) is 6.29. The number of hydrogen-bond acceptors (Lipinski definition) is 3. The van der Waals surface area contributed by atoms with Crippen LogP contribution in [0.3, 0.4) is 0 Å². The molecule has 2 heterocycles. The highest BCUT2D eigenvalue weighted by molar-refractivity contribution is 6.31. The molecule has 0 aliphatic carbocycles. The second-order valence-corrected chi connectivity index (χ2v) is 6.66. The Bertz CT molecular complexity index is 717. The summed E-state index contributed by atoms with van der Waals surface area (Å²) in [5, 5.41) is 7.82. The fourth-order valence-electron chi connectivity index (χ4n) is 3.07. The Hall–Kier alpha value is -2.01. The lowest BCUT2D eigenvalue weighted by Crippen LogP contribution is -2.29. The van der Waals surface area contributed by atoms with Crippen molar-refractivity contribution in [2.75, 3.05) is 23.3 Å². The summed E-state index contributed by atoms with van der Waals surface area (Å²) < 4.78 is 1.63. The van der Waals surface area contributed by atoms with Crippen molar-refractivity contribution in [1.29, 1.82) is 0 Å². The van der Waals surface area contributed by atoms with Crippen LogP contribution in [0, 0.1) is 13.8 Å². The SMILES string of the molecule is Cc1nn(CC(=O)Nc2ccc(N3CCCCC3)cc2)c(C)c1Cl. The van der Waals surface area contributed by atoms with Gasteiger partial charge in [-0.15, -0.1) is 0 Å². The van der Waals surface area contributed by atoms with Gasteiger partial charge >= 0.3 is 0 Å². The summed E-state index contributed by atoms with van der Waals surface area (Å²) in [6.07, 6.45) is 3.83. The molecule has 0 spiro atoms. The summed E-state index contributed by atoms with van der Waals surface area (Å²) in [6.45, 7) is 6.09. The third-order valence-electron chi connectivity index (χ3n) is 4.46. The molecule has 1 aliphatic rings. The zero-order valence-electron chi connectivity index (χ0n) is 14.2. The van der Waals surface area contributed by atoms with Crippen molar-refractivity contribution >= 4 is 28.9 Å². The summed E-state index contributed by atoms with van der Waals surface area (Å²) in [4.78, 5) is 14.6. The molecule has 2 aromatic rings. The first kappa shape index (κ1) is 16.8. The van der Waals surface area contributed by atoms with Crippen LogP contribution in [0.15, 0.2) is 24.3 Å². The fraction of sp³-hybridized carbons (Fsp3) is 0.444. The number of halogens is 1. The van der Waals surface area contributed by atoms with Gasteiger partial charge in [0.2, 0.25) is 5.91 Å². The average molecular weight is 347 g/mol. The van der Waals surface area contributed by atoms with Crippen molar-refractivity contribution < 1.29 is 4.79 Å². The van der Waals surface area contributed by atoms with Gasteiger partial charge < -0.3 is 10.2 Å². The number of piperidine rings is 1. The minimum absolute atomic E-state index is 0.108. The maximum Gasteiger partial charge on any atom is 0.246 e. The van der Waals surface area contributed by atoms with Gasteiger partial charge in [-0.25, -0.2) is 0 Å². The van der Waals surface area contributed by atoms with E-state index in [1.165, 1.54) is 24.9 Å².